The van der Waals surface area contributed by atoms with Crippen LogP contribution in [0.25, 0.3) is 6.08 Å². The molecule has 1 aliphatic heterocycles. The number of anilines is 1. The highest BCUT2D eigenvalue weighted by molar-refractivity contribution is 7.80. The molecule has 1 saturated heterocycles. The number of alkyl halides is 3. The standard InChI is InChI=1S/C19H16Cl4N4OS/c20-14-3-1-2-4-15(14)26-11-12-27(18(26)29)17(19(21,22)23)25-16(28)6-5-13-7-9-24-10-8-13/h1-10,17H,11-12H2,(H,25,28)/b6-5+. The molecule has 0 saturated carbocycles. The van der Waals surface area contributed by atoms with Gasteiger partial charge in [-0.3, -0.25) is 9.78 Å². The summed E-state index contributed by atoms with van der Waals surface area (Å²) in [5.74, 6) is -0.419. The van der Waals surface area contributed by atoms with Gasteiger partial charge in [-0.15, -0.1) is 0 Å². The average Bonchev–Trinajstić information content (AvgIpc) is 3.05. The number of amides is 1. The summed E-state index contributed by atoms with van der Waals surface area (Å²) in [6.45, 7) is 1.000. The molecule has 1 aromatic heterocycles. The lowest BCUT2D eigenvalue weighted by atomic mass is 10.2. The fraction of sp³-hybridized carbons (Fsp3) is 0.211. The van der Waals surface area contributed by atoms with E-state index in [4.69, 9.17) is 58.6 Å². The molecule has 5 nitrogen and oxygen atoms in total. The zero-order valence-corrected chi connectivity index (χ0v) is 18.8. The Labute approximate surface area is 194 Å². The van der Waals surface area contributed by atoms with Crippen molar-refractivity contribution in [3.8, 4) is 0 Å². The van der Waals surface area contributed by atoms with Crippen molar-refractivity contribution in [2.75, 3.05) is 18.0 Å². The molecule has 1 N–H and O–H groups in total. The predicted molar refractivity (Wildman–Crippen MR) is 124 cm³/mol. The summed E-state index contributed by atoms with van der Waals surface area (Å²) in [7, 11) is 0. The minimum absolute atomic E-state index is 0.410. The van der Waals surface area contributed by atoms with Crippen LogP contribution < -0.4 is 10.2 Å². The van der Waals surface area contributed by atoms with Gasteiger partial charge >= 0.3 is 0 Å². The molecule has 2 aromatic rings. The number of nitrogens with zero attached hydrogens (tertiary/aromatic N) is 3. The number of carbonyl (C=O) groups is 1. The molecule has 0 bridgehead atoms. The lowest BCUT2D eigenvalue weighted by molar-refractivity contribution is -0.117. The average molecular weight is 490 g/mol. The Morgan fingerprint density at radius 1 is 1.17 bits per heavy atom. The van der Waals surface area contributed by atoms with E-state index in [0.717, 1.165) is 11.3 Å². The van der Waals surface area contributed by atoms with Crippen LogP contribution in [0.2, 0.25) is 5.02 Å². The second kappa shape index (κ2) is 9.49. The third-order valence-corrected chi connectivity index (χ3v) is 5.61. The quantitative estimate of drug-likeness (QED) is 0.375. The van der Waals surface area contributed by atoms with E-state index in [9.17, 15) is 4.79 Å². The van der Waals surface area contributed by atoms with Crippen LogP contribution in [0, 0.1) is 0 Å². The number of halogens is 4. The summed E-state index contributed by atoms with van der Waals surface area (Å²) in [5, 5.41) is 3.70. The molecule has 1 aromatic carbocycles. The number of nitrogens with one attached hydrogen (secondary N) is 1. The molecule has 1 unspecified atom stereocenters. The monoisotopic (exact) mass is 488 g/mol. The van der Waals surface area contributed by atoms with Gasteiger partial charge in [-0.1, -0.05) is 58.5 Å². The highest BCUT2D eigenvalue weighted by atomic mass is 35.6. The minimum atomic E-state index is -1.80. The van der Waals surface area contributed by atoms with Crippen molar-refractivity contribution in [3.63, 3.8) is 0 Å². The zero-order chi connectivity index (χ0) is 21.0. The Balaban J connectivity index is 1.76. The van der Waals surface area contributed by atoms with Crippen molar-refractivity contribution in [2.24, 2.45) is 0 Å². The molecular weight excluding hydrogens is 474 g/mol. The van der Waals surface area contributed by atoms with Crippen LogP contribution in [-0.2, 0) is 4.79 Å². The van der Waals surface area contributed by atoms with Gasteiger partial charge in [-0.2, -0.15) is 0 Å². The Morgan fingerprint density at radius 3 is 2.52 bits per heavy atom. The molecule has 10 heteroatoms. The van der Waals surface area contributed by atoms with E-state index in [1.165, 1.54) is 6.08 Å². The number of hydrogen-bond acceptors (Lipinski definition) is 3. The van der Waals surface area contributed by atoms with Crippen molar-refractivity contribution in [1.29, 1.82) is 0 Å². The highest BCUT2D eigenvalue weighted by Crippen LogP contribution is 2.36. The zero-order valence-electron chi connectivity index (χ0n) is 14.9. The fourth-order valence-electron chi connectivity index (χ4n) is 2.85. The molecule has 0 radical (unpaired) electrons. The van der Waals surface area contributed by atoms with Crippen molar-refractivity contribution in [2.45, 2.75) is 9.96 Å². The lowest BCUT2D eigenvalue weighted by Crippen LogP contribution is -2.56. The largest absolute Gasteiger partial charge is 0.328 e. The van der Waals surface area contributed by atoms with Gasteiger partial charge in [0.15, 0.2) is 11.3 Å². The topological polar surface area (TPSA) is 48.5 Å². The van der Waals surface area contributed by atoms with E-state index >= 15 is 0 Å². The van der Waals surface area contributed by atoms with Crippen molar-refractivity contribution >= 4 is 81.4 Å². The number of rotatable bonds is 5. The first-order valence-corrected chi connectivity index (χ1v) is 10.5. The first-order valence-electron chi connectivity index (χ1n) is 8.55. The van der Waals surface area contributed by atoms with Gasteiger partial charge in [0.05, 0.1) is 10.7 Å². The van der Waals surface area contributed by atoms with E-state index in [0.29, 0.717) is 23.2 Å². The van der Waals surface area contributed by atoms with Gasteiger partial charge in [0.2, 0.25) is 9.70 Å². The maximum absolute atomic E-state index is 12.4. The number of benzene rings is 1. The summed E-state index contributed by atoms with van der Waals surface area (Å²) in [5.41, 5.74) is 1.58. The van der Waals surface area contributed by atoms with E-state index < -0.39 is 15.9 Å². The molecule has 0 spiro atoms. The number of thiocarbonyl (C=S) groups is 1. The molecule has 1 atom stereocenters. The lowest BCUT2D eigenvalue weighted by Gasteiger charge is -2.34. The van der Waals surface area contributed by atoms with Crippen LogP contribution in [0.3, 0.4) is 0 Å². The molecule has 152 valence electrons. The summed E-state index contributed by atoms with van der Waals surface area (Å²) in [6.07, 6.45) is 5.32. The Morgan fingerprint density at radius 2 is 1.86 bits per heavy atom. The number of aromatic nitrogens is 1. The van der Waals surface area contributed by atoms with Gasteiger partial charge in [0.1, 0.15) is 0 Å². The maximum atomic E-state index is 12.4. The molecule has 2 heterocycles. The number of hydrogen-bond donors (Lipinski definition) is 1. The van der Waals surface area contributed by atoms with Crippen molar-refractivity contribution < 1.29 is 4.79 Å². The molecule has 3 rings (SSSR count). The van der Waals surface area contributed by atoms with Gasteiger partial charge in [-0.05, 0) is 48.1 Å². The van der Waals surface area contributed by atoms with Crippen LogP contribution in [0.15, 0.2) is 54.9 Å². The third-order valence-electron chi connectivity index (χ3n) is 4.22. The molecule has 1 aliphatic rings. The van der Waals surface area contributed by atoms with Crippen LogP contribution in [0.1, 0.15) is 5.56 Å². The van der Waals surface area contributed by atoms with Crippen LogP contribution in [0.5, 0.6) is 0 Å². The Kier molecular flexibility index (Phi) is 7.24. The van der Waals surface area contributed by atoms with Crippen molar-refractivity contribution in [1.82, 2.24) is 15.2 Å². The second-order valence-electron chi connectivity index (χ2n) is 6.15. The molecule has 1 amide bonds. The SMILES string of the molecule is O=C(/C=C/c1ccncc1)NC(N1CCN(c2ccccc2Cl)C1=S)C(Cl)(Cl)Cl. The van der Waals surface area contributed by atoms with Crippen LogP contribution >= 0.6 is 58.6 Å². The first kappa shape index (κ1) is 22.1. The summed E-state index contributed by atoms with van der Waals surface area (Å²) >= 11 is 30.4. The van der Waals surface area contributed by atoms with E-state index in [-0.39, 0.29) is 0 Å². The van der Waals surface area contributed by atoms with Crippen molar-refractivity contribution in [3.05, 3.63) is 65.5 Å². The summed E-state index contributed by atoms with van der Waals surface area (Å²) in [6, 6.07) is 10.9. The minimum Gasteiger partial charge on any atom is -0.328 e. The number of para-hydroxylation sites is 1. The number of pyridine rings is 1. The first-order chi connectivity index (χ1) is 13.8. The van der Waals surface area contributed by atoms with Gasteiger partial charge in [0.25, 0.3) is 0 Å². The molecule has 1 fully saturated rings. The fourth-order valence-corrected chi connectivity index (χ4v) is 3.99. The van der Waals surface area contributed by atoms with Crippen LogP contribution in [0.4, 0.5) is 5.69 Å². The van der Waals surface area contributed by atoms with Crippen LogP contribution in [-0.4, -0.2) is 44.0 Å². The predicted octanol–water partition coefficient (Wildman–Crippen LogP) is 4.67. The molecule has 0 aliphatic carbocycles. The third kappa shape index (κ3) is 5.53. The van der Waals surface area contributed by atoms with E-state index in [2.05, 4.69) is 10.3 Å². The highest BCUT2D eigenvalue weighted by Gasteiger charge is 2.43. The summed E-state index contributed by atoms with van der Waals surface area (Å²) in [4.78, 5) is 19.9. The Bertz CT molecular complexity index is 920. The molecular formula is C19H16Cl4N4OS. The smallest absolute Gasteiger partial charge is 0.245 e. The van der Waals surface area contributed by atoms with Gasteiger partial charge in [-0.25, -0.2) is 0 Å². The molecule has 29 heavy (non-hydrogen) atoms. The van der Waals surface area contributed by atoms with Gasteiger partial charge in [0, 0.05) is 31.6 Å². The second-order valence-corrected chi connectivity index (χ2v) is 9.29. The maximum Gasteiger partial charge on any atom is 0.245 e. The van der Waals surface area contributed by atoms with E-state index in [1.807, 2.05) is 23.1 Å². The Hall–Kier alpha value is -1.57. The van der Waals surface area contributed by atoms with Gasteiger partial charge < -0.3 is 15.1 Å². The summed E-state index contributed by atoms with van der Waals surface area (Å²) < 4.78 is -1.80. The van der Waals surface area contributed by atoms with E-state index in [1.54, 1.807) is 41.6 Å². The normalized spacial score (nSPS) is 15.8. The number of carbonyl (C=O) groups excluding carboxylic acids is 1.